The van der Waals surface area contributed by atoms with Gasteiger partial charge >= 0.3 is 0 Å². The first-order valence-electron chi connectivity index (χ1n) is 6.29. The number of methoxy groups -OCH3 is 1. The Morgan fingerprint density at radius 2 is 1.40 bits per heavy atom. The van der Waals surface area contributed by atoms with Gasteiger partial charge in [0.1, 0.15) is 5.75 Å². The summed E-state index contributed by atoms with van der Waals surface area (Å²) in [6, 6.07) is 12.2. The minimum Gasteiger partial charge on any atom is -0.497 e. The Hall–Kier alpha value is -2.16. The van der Waals surface area contributed by atoms with Crippen LogP contribution in [0, 0.1) is 13.8 Å². The largest absolute Gasteiger partial charge is 0.497 e. The number of halogens is 2. The molecule has 0 aromatic heterocycles. The zero-order valence-corrected chi connectivity index (χ0v) is 11.7. The Labute approximate surface area is 117 Å². The van der Waals surface area contributed by atoms with Crippen molar-refractivity contribution in [3.63, 3.8) is 0 Å². The minimum absolute atomic E-state index is 0.0283. The van der Waals surface area contributed by atoms with Crippen molar-refractivity contribution in [2.75, 3.05) is 7.11 Å². The highest BCUT2D eigenvalue weighted by Crippen LogP contribution is 2.30. The molecular formula is C17H16F2O. The number of aryl methyl sites for hydroxylation is 2. The van der Waals surface area contributed by atoms with Gasteiger partial charge < -0.3 is 4.74 Å². The lowest BCUT2D eigenvalue weighted by molar-refractivity contribution is 0.414. The lowest BCUT2D eigenvalue weighted by atomic mass is 9.96. The fourth-order valence-corrected chi connectivity index (χ4v) is 2.26. The van der Waals surface area contributed by atoms with Crippen molar-refractivity contribution in [3.8, 4) is 5.75 Å². The van der Waals surface area contributed by atoms with Crippen molar-refractivity contribution in [1.82, 2.24) is 0 Å². The predicted octanol–water partition coefficient (Wildman–Crippen LogP) is 4.97. The Balaban J connectivity index is 2.54. The van der Waals surface area contributed by atoms with Crippen molar-refractivity contribution < 1.29 is 13.5 Å². The second-order valence-electron chi connectivity index (χ2n) is 4.74. The number of benzene rings is 2. The van der Waals surface area contributed by atoms with Gasteiger partial charge in [-0.25, -0.2) is 0 Å². The fraction of sp³-hybridized carbons (Fsp3) is 0.176. The van der Waals surface area contributed by atoms with E-state index in [0.29, 0.717) is 16.9 Å². The quantitative estimate of drug-likeness (QED) is 0.768. The summed E-state index contributed by atoms with van der Waals surface area (Å²) in [5, 5.41) is 0. The standard InChI is InChI=1S/C17H16F2O/c1-11-8-12(2)10-14(9-11)16(17(18)19)13-4-6-15(20-3)7-5-13/h4-10H,1-3H3. The number of rotatable bonds is 3. The van der Waals surface area contributed by atoms with Crippen LogP contribution in [0.25, 0.3) is 5.57 Å². The van der Waals surface area contributed by atoms with Crippen LogP contribution in [0.3, 0.4) is 0 Å². The zero-order valence-electron chi connectivity index (χ0n) is 11.7. The second-order valence-corrected chi connectivity index (χ2v) is 4.74. The first-order valence-corrected chi connectivity index (χ1v) is 6.29. The molecule has 0 unspecified atom stereocenters. The summed E-state index contributed by atoms with van der Waals surface area (Å²) in [6.45, 7) is 3.80. The molecule has 0 saturated heterocycles. The van der Waals surface area contributed by atoms with Crippen molar-refractivity contribution >= 4 is 5.57 Å². The van der Waals surface area contributed by atoms with Crippen LogP contribution < -0.4 is 4.74 Å². The van der Waals surface area contributed by atoms with Crippen LogP contribution in [0.2, 0.25) is 0 Å². The maximum Gasteiger partial charge on any atom is 0.278 e. The van der Waals surface area contributed by atoms with Gasteiger partial charge in [0.2, 0.25) is 0 Å². The summed E-state index contributed by atoms with van der Waals surface area (Å²) in [5.41, 5.74) is 2.92. The van der Waals surface area contributed by atoms with Gasteiger partial charge in [-0.15, -0.1) is 0 Å². The van der Waals surface area contributed by atoms with Crippen LogP contribution in [0.5, 0.6) is 5.75 Å². The summed E-state index contributed by atoms with van der Waals surface area (Å²) in [5.74, 6) is 0.646. The first-order chi connectivity index (χ1) is 9.51. The first kappa shape index (κ1) is 14.3. The fourth-order valence-electron chi connectivity index (χ4n) is 2.26. The average Bonchev–Trinajstić information content (AvgIpc) is 2.38. The Kier molecular flexibility index (Phi) is 4.18. The topological polar surface area (TPSA) is 9.23 Å². The van der Waals surface area contributed by atoms with E-state index in [1.54, 1.807) is 43.5 Å². The van der Waals surface area contributed by atoms with Crippen molar-refractivity contribution in [2.24, 2.45) is 0 Å². The molecule has 1 nitrogen and oxygen atoms in total. The third kappa shape index (κ3) is 3.05. The Morgan fingerprint density at radius 1 is 0.850 bits per heavy atom. The van der Waals surface area contributed by atoms with E-state index in [-0.39, 0.29) is 5.57 Å². The molecule has 0 N–H and O–H groups in total. The third-order valence-corrected chi connectivity index (χ3v) is 3.08. The van der Waals surface area contributed by atoms with E-state index in [0.717, 1.165) is 11.1 Å². The number of hydrogen-bond acceptors (Lipinski definition) is 1. The molecule has 0 bridgehead atoms. The van der Waals surface area contributed by atoms with E-state index in [1.807, 2.05) is 19.9 Å². The van der Waals surface area contributed by atoms with Crippen LogP contribution in [-0.4, -0.2) is 7.11 Å². The molecule has 0 atom stereocenters. The maximum atomic E-state index is 13.4. The van der Waals surface area contributed by atoms with Crippen LogP contribution in [0.1, 0.15) is 22.3 Å². The molecule has 104 valence electrons. The van der Waals surface area contributed by atoms with Gasteiger partial charge in [-0.3, -0.25) is 0 Å². The van der Waals surface area contributed by atoms with Gasteiger partial charge in [0.15, 0.2) is 0 Å². The lowest BCUT2D eigenvalue weighted by Crippen LogP contribution is -1.92. The maximum absolute atomic E-state index is 13.4. The SMILES string of the molecule is COc1ccc(C(=C(F)F)c2cc(C)cc(C)c2)cc1. The van der Waals surface area contributed by atoms with Crippen molar-refractivity contribution in [3.05, 3.63) is 70.8 Å². The molecule has 0 heterocycles. The van der Waals surface area contributed by atoms with Crippen molar-refractivity contribution in [1.29, 1.82) is 0 Å². The predicted molar refractivity (Wildman–Crippen MR) is 77.1 cm³/mol. The average molecular weight is 274 g/mol. The molecule has 0 aliphatic carbocycles. The van der Waals surface area contributed by atoms with Gasteiger partial charge in [-0.05, 0) is 37.1 Å². The molecule has 0 amide bonds. The van der Waals surface area contributed by atoms with E-state index in [1.165, 1.54) is 0 Å². The van der Waals surface area contributed by atoms with Gasteiger partial charge in [0.25, 0.3) is 6.08 Å². The molecule has 2 rings (SSSR count). The van der Waals surface area contributed by atoms with E-state index in [4.69, 9.17) is 4.74 Å². The molecule has 20 heavy (non-hydrogen) atoms. The molecular weight excluding hydrogens is 258 g/mol. The molecule has 0 radical (unpaired) electrons. The summed E-state index contributed by atoms with van der Waals surface area (Å²) in [6.07, 6.45) is -1.68. The van der Waals surface area contributed by atoms with Crippen LogP contribution >= 0.6 is 0 Å². The van der Waals surface area contributed by atoms with Crippen LogP contribution in [-0.2, 0) is 0 Å². The molecule has 3 heteroatoms. The number of hydrogen-bond donors (Lipinski definition) is 0. The minimum atomic E-state index is -1.68. The molecule has 2 aromatic carbocycles. The highest BCUT2D eigenvalue weighted by Gasteiger charge is 2.13. The molecule has 2 aromatic rings. The summed E-state index contributed by atoms with van der Waals surface area (Å²) >= 11 is 0. The third-order valence-electron chi connectivity index (χ3n) is 3.08. The normalized spacial score (nSPS) is 10.2. The summed E-state index contributed by atoms with van der Waals surface area (Å²) in [7, 11) is 1.55. The molecule has 0 fully saturated rings. The zero-order chi connectivity index (χ0) is 14.7. The van der Waals surface area contributed by atoms with E-state index in [9.17, 15) is 8.78 Å². The Morgan fingerprint density at radius 3 is 1.85 bits per heavy atom. The Bertz CT molecular complexity index is 618. The highest BCUT2D eigenvalue weighted by molar-refractivity contribution is 5.81. The van der Waals surface area contributed by atoms with Crippen LogP contribution in [0.15, 0.2) is 48.5 Å². The second kappa shape index (κ2) is 5.87. The smallest absolute Gasteiger partial charge is 0.278 e. The number of ether oxygens (including phenoxy) is 1. The lowest BCUT2D eigenvalue weighted by Gasteiger charge is -2.10. The van der Waals surface area contributed by atoms with Gasteiger partial charge in [0.05, 0.1) is 12.7 Å². The molecule has 0 saturated carbocycles. The van der Waals surface area contributed by atoms with Crippen molar-refractivity contribution in [2.45, 2.75) is 13.8 Å². The van der Waals surface area contributed by atoms with Gasteiger partial charge in [-0.2, -0.15) is 8.78 Å². The van der Waals surface area contributed by atoms with Gasteiger partial charge in [-0.1, -0.05) is 41.5 Å². The molecule has 0 aliphatic rings. The van der Waals surface area contributed by atoms with Crippen LogP contribution in [0.4, 0.5) is 8.78 Å². The highest BCUT2D eigenvalue weighted by atomic mass is 19.3. The molecule has 0 aliphatic heterocycles. The monoisotopic (exact) mass is 274 g/mol. The van der Waals surface area contributed by atoms with E-state index < -0.39 is 6.08 Å². The summed E-state index contributed by atoms with van der Waals surface area (Å²) in [4.78, 5) is 0. The van der Waals surface area contributed by atoms with Gasteiger partial charge in [0, 0.05) is 0 Å². The molecule has 0 spiro atoms. The van der Waals surface area contributed by atoms with E-state index >= 15 is 0 Å². The van der Waals surface area contributed by atoms with E-state index in [2.05, 4.69) is 0 Å². The summed E-state index contributed by atoms with van der Waals surface area (Å²) < 4.78 is 31.8.